The van der Waals surface area contributed by atoms with Crippen LogP contribution >= 0.6 is 0 Å². The van der Waals surface area contributed by atoms with Crippen molar-refractivity contribution in [1.82, 2.24) is 14.8 Å². The zero-order chi connectivity index (χ0) is 24.0. The molecular formula is C25H21F2N5O2. The van der Waals surface area contributed by atoms with Crippen molar-refractivity contribution in [2.45, 2.75) is 26.3 Å². The molecule has 4 aromatic rings. The molecule has 0 aliphatic carbocycles. The predicted molar refractivity (Wildman–Crippen MR) is 124 cm³/mol. The van der Waals surface area contributed by atoms with Crippen LogP contribution in [0.25, 0.3) is 5.69 Å². The maximum Gasteiger partial charge on any atom is 0.219 e. The molecule has 0 spiro atoms. The number of carbonyl (C=O) groups excluding carboxylic acids is 1. The van der Waals surface area contributed by atoms with Gasteiger partial charge in [0.1, 0.15) is 5.82 Å². The molecule has 1 aliphatic rings. The molecule has 34 heavy (non-hydrogen) atoms. The highest BCUT2D eigenvalue weighted by atomic mass is 19.1. The molecule has 5 rings (SSSR count). The number of benzene rings is 2. The van der Waals surface area contributed by atoms with E-state index in [9.17, 15) is 13.6 Å². The second-order valence-electron chi connectivity index (χ2n) is 8.24. The predicted octanol–water partition coefficient (Wildman–Crippen LogP) is 4.76. The van der Waals surface area contributed by atoms with Crippen LogP contribution in [0.4, 0.5) is 20.3 Å². The molecule has 0 saturated heterocycles. The number of para-hydroxylation sites is 1. The molecule has 7 nitrogen and oxygen atoms in total. The molecule has 0 fully saturated rings. The lowest BCUT2D eigenvalue weighted by Gasteiger charge is -2.12. The van der Waals surface area contributed by atoms with Crippen molar-refractivity contribution >= 4 is 17.3 Å². The third-order valence-electron chi connectivity index (χ3n) is 5.81. The molecule has 2 aromatic heterocycles. The van der Waals surface area contributed by atoms with Crippen molar-refractivity contribution in [2.24, 2.45) is 0 Å². The van der Waals surface area contributed by atoms with Crippen molar-refractivity contribution in [3.63, 3.8) is 0 Å². The van der Waals surface area contributed by atoms with Crippen LogP contribution in [0, 0.1) is 25.5 Å². The number of ether oxygens (including phenoxy) is 1. The quantitative estimate of drug-likeness (QED) is 0.416. The summed E-state index contributed by atoms with van der Waals surface area (Å²) in [6.45, 7) is 3.76. The number of nitrogens with two attached hydrogens (primary N) is 1. The van der Waals surface area contributed by atoms with Gasteiger partial charge >= 0.3 is 0 Å². The smallest absolute Gasteiger partial charge is 0.219 e. The van der Waals surface area contributed by atoms with Crippen molar-refractivity contribution < 1.29 is 18.3 Å². The van der Waals surface area contributed by atoms with E-state index in [1.165, 1.54) is 29.2 Å². The van der Waals surface area contributed by atoms with Gasteiger partial charge in [-0.25, -0.2) is 18.4 Å². The molecule has 3 N–H and O–H groups in total. The van der Waals surface area contributed by atoms with Gasteiger partial charge in [-0.2, -0.15) is 5.10 Å². The van der Waals surface area contributed by atoms with E-state index < -0.39 is 23.4 Å². The van der Waals surface area contributed by atoms with Crippen LogP contribution in [0.5, 0.6) is 11.6 Å². The summed E-state index contributed by atoms with van der Waals surface area (Å²) >= 11 is 0. The molecule has 1 unspecified atom stereocenters. The summed E-state index contributed by atoms with van der Waals surface area (Å²) in [7, 11) is 0. The summed E-state index contributed by atoms with van der Waals surface area (Å²) in [5.41, 5.74) is 10.9. The summed E-state index contributed by atoms with van der Waals surface area (Å²) in [5.74, 6) is -2.16. The Hall–Kier alpha value is -4.27. The van der Waals surface area contributed by atoms with Gasteiger partial charge in [-0.15, -0.1) is 0 Å². The Labute approximate surface area is 194 Å². The minimum atomic E-state index is -0.833. The van der Waals surface area contributed by atoms with Crippen molar-refractivity contribution in [1.29, 1.82) is 0 Å². The van der Waals surface area contributed by atoms with Gasteiger partial charge in [0, 0.05) is 18.2 Å². The fraction of sp³-hybridized carbons (Fsp3) is 0.160. The number of rotatable bonds is 5. The third kappa shape index (κ3) is 3.75. The van der Waals surface area contributed by atoms with Crippen LogP contribution in [0.15, 0.2) is 54.9 Å². The molecule has 0 bridgehead atoms. The summed E-state index contributed by atoms with van der Waals surface area (Å²) < 4.78 is 34.5. The highest BCUT2D eigenvalue weighted by molar-refractivity contribution is 6.06. The Bertz CT molecular complexity index is 1410. The van der Waals surface area contributed by atoms with Crippen LogP contribution in [0.1, 0.15) is 27.0 Å². The number of nitrogens with one attached hydrogen (secondary N) is 1. The van der Waals surface area contributed by atoms with E-state index >= 15 is 0 Å². The molecule has 9 heteroatoms. The van der Waals surface area contributed by atoms with Crippen LogP contribution in [-0.2, 0) is 6.42 Å². The first-order valence-corrected chi connectivity index (χ1v) is 10.6. The lowest BCUT2D eigenvalue weighted by atomic mass is 10.0. The van der Waals surface area contributed by atoms with Crippen LogP contribution < -0.4 is 15.8 Å². The Morgan fingerprint density at radius 1 is 1.15 bits per heavy atom. The number of anilines is 2. The first-order chi connectivity index (χ1) is 16.3. The maximum absolute atomic E-state index is 13.9. The number of nitrogens with zero attached hydrogens (tertiary/aromatic N) is 3. The van der Waals surface area contributed by atoms with Gasteiger partial charge in [0.2, 0.25) is 11.6 Å². The Morgan fingerprint density at radius 3 is 2.65 bits per heavy atom. The van der Waals surface area contributed by atoms with Gasteiger partial charge in [0.25, 0.3) is 0 Å². The first kappa shape index (κ1) is 21.6. The average Bonchev–Trinajstić information content (AvgIpc) is 3.39. The van der Waals surface area contributed by atoms with E-state index in [2.05, 4.69) is 21.5 Å². The normalized spacial score (nSPS) is 14.5. The molecule has 172 valence electrons. The second-order valence-corrected chi connectivity index (χ2v) is 8.24. The van der Waals surface area contributed by atoms with Gasteiger partial charge in [-0.1, -0.05) is 23.8 Å². The zero-order valence-electron chi connectivity index (χ0n) is 18.5. The minimum Gasteiger partial charge on any atom is -0.433 e. The molecule has 3 heterocycles. The monoisotopic (exact) mass is 461 g/mol. The number of Topliss-reactive ketones (excluding diaryl/α,β-unsaturated/α-hetero) is 1. The standard InChI is InChI=1S/C25H21F2N5O2/c1-13-6-7-19-15(8-13)10-20(31-19)23(33)16-11-30-32(25(16)28)21-12-29-22(9-14(21)2)34-24-17(26)4-3-5-18(24)27/h3-9,11-12,20,31H,10,28H2,1-2H3. The zero-order valence-corrected chi connectivity index (χ0v) is 18.5. The van der Waals surface area contributed by atoms with Crippen LogP contribution in [0.3, 0.4) is 0 Å². The Morgan fingerprint density at radius 2 is 1.91 bits per heavy atom. The lowest BCUT2D eigenvalue weighted by molar-refractivity contribution is 0.0972. The number of pyridine rings is 1. The minimum absolute atomic E-state index is 0.00971. The van der Waals surface area contributed by atoms with E-state index in [1.54, 1.807) is 6.92 Å². The van der Waals surface area contributed by atoms with E-state index in [-0.39, 0.29) is 17.5 Å². The fourth-order valence-electron chi connectivity index (χ4n) is 4.06. The molecule has 1 aliphatic heterocycles. The molecule has 0 radical (unpaired) electrons. The summed E-state index contributed by atoms with van der Waals surface area (Å²) in [4.78, 5) is 17.3. The van der Waals surface area contributed by atoms with Crippen molar-refractivity contribution in [2.75, 3.05) is 11.1 Å². The Balaban J connectivity index is 1.38. The molecular weight excluding hydrogens is 440 g/mol. The molecule has 0 saturated carbocycles. The number of hydrogen-bond donors (Lipinski definition) is 2. The average molecular weight is 461 g/mol. The van der Waals surface area contributed by atoms with Gasteiger partial charge in [-0.3, -0.25) is 4.79 Å². The highest BCUT2D eigenvalue weighted by Crippen LogP contribution is 2.31. The molecule has 2 aromatic carbocycles. The van der Waals surface area contributed by atoms with Crippen LogP contribution in [0.2, 0.25) is 0 Å². The largest absolute Gasteiger partial charge is 0.433 e. The fourth-order valence-corrected chi connectivity index (χ4v) is 4.06. The van der Waals surface area contributed by atoms with E-state index in [4.69, 9.17) is 10.5 Å². The third-order valence-corrected chi connectivity index (χ3v) is 5.81. The Kier molecular flexibility index (Phi) is 5.24. The number of fused-ring (bicyclic) bond motifs is 1. The van der Waals surface area contributed by atoms with E-state index in [1.807, 2.05) is 19.1 Å². The van der Waals surface area contributed by atoms with Gasteiger partial charge in [0.05, 0.1) is 29.7 Å². The van der Waals surface area contributed by atoms with Crippen molar-refractivity contribution in [3.8, 4) is 17.3 Å². The first-order valence-electron chi connectivity index (χ1n) is 10.6. The number of halogens is 2. The van der Waals surface area contributed by atoms with Crippen LogP contribution in [-0.4, -0.2) is 26.6 Å². The van der Waals surface area contributed by atoms with Gasteiger partial charge in [-0.05, 0) is 43.2 Å². The van der Waals surface area contributed by atoms with Gasteiger partial charge < -0.3 is 15.8 Å². The number of nitrogen functional groups attached to an aromatic ring is 1. The number of carbonyl (C=O) groups is 1. The summed E-state index contributed by atoms with van der Waals surface area (Å²) in [5, 5.41) is 7.54. The van der Waals surface area contributed by atoms with E-state index in [0.717, 1.165) is 28.9 Å². The van der Waals surface area contributed by atoms with Gasteiger partial charge in [0.15, 0.2) is 17.4 Å². The number of ketones is 1. The lowest BCUT2D eigenvalue weighted by Crippen LogP contribution is -2.27. The summed E-state index contributed by atoms with van der Waals surface area (Å²) in [6, 6.07) is 10.6. The summed E-state index contributed by atoms with van der Waals surface area (Å²) in [6.07, 6.45) is 3.43. The molecule has 0 amide bonds. The molecule has 1 atom stereocenters. The maximum atomic E-state index is 13.9. The number of hydrogen-bond acceptors (Lipinski definition) is 6. The highest BCUT2D eigenvalue weighted by Gasteiger charge is 2.30. The number of aryl methyl sites for hydroxylation is 2. The SMILES string of the molecule is Cc1ccc2c(c1)CC(C(=O)c1cnn(-c3cnc(Oc4c(F)cccc4F)cc3C)c1N)N2. The van der Waals surface area contributed by atoms with Crippen molar-refractivity contribution in [3.05, 3.63) is 88.7 Å². The second kappa shape index (κ2) is 8.26. The van der Waals surface area contributed by atoms with E-state index in [0.29, 0.717) is 23.2 Å². The number of aromatic nitrogens is 3. The topological polar surface area (TPSA) is 95.1 Å².